The summed E-state index contributed by atoms with van der Waals surface area (Å²) in [5, 5.41) is 0.424. The van der Waals surface area contributed by atoms with Crippen LogP contribution >= 0.6 is 11.6 Å². The van der Waals surface area contributed by atoms with E-state index in [1.807, 2.05) is 11.8 Å². The minimum atomic E-state index is -0.306. The number of hydrogen-bond acceptors (Lipinski definition) is 4. The number of aromatic nitrogens is 2. The first kappa shape index (κ1) is 20.7. The second kappa shape index (κ2) is 8.38. The maximum atomic E-state index is 14.5. The van der Waals surface area contributed by atoms with Gasteiger partial charge in [-0.05, 0) is 44.7 Å². The quantitative estimate of drug-likeness (QED) is 0.684. The van der Waals surface area contributed by atoms with E-state index in [-0.39, 0.29) is 11.7 Å². The van der Waals surface area contributed by atoms with E-state index in [2.05, 4.69) is 4.90 Å². The number of amides is 1. The van der Waals surface area contributed by atoms with Gasteiger partial charge in [-0.1, -0.05) is 24.1 Å². The summed E-state index contributed by atoms with van der Waals surface area (Å²) in [5.74, 6) is 2.44. The van der Waals surface area contributed by atoms with Crippen molar-refractivity contribution in [2.24, 2.45) is 5.92 Å². The van der Waals surface area contributed by atoms with E-state index in [1.165, 1.54) is 12.5 Å². The Bertz CT molecular complexity index is 977. The van der Waals surface area contributed by atoms with Gasteiger partial charge in [0.15, 0.2) is 0 Å². The van der Waals surface area contributed by atoms with E-state index in [9.17, 15) is 9.18 Å². The molecule has 1 saturated heterocycles. The average Bonchev–Trinajstić information content (AvgIpc) is 3.56. The molecule has 3 fully saturated rings. The van der Waals surface area contributed by atoms with Gasteiger partial charge < -0.3 is 9.80 Å². The first-order chi connectivity index (χ1) is 15.0. The van der Waals surface area contributed by atoms with E-state index < -0.39 is 0 Å². The second-order valence-electron chi connectivity index (χ2n) is 9.06. The molecule has 7 heteroatoms. The third-order valence-electron chi connectivity index (χ3n) is 6.91. The normalized spacial score (nSPS) is 19.5. The Morgan fingerprint density at radius 1 is 1.10 bits per heavy atom. The highest BCUT2D eigenvalue weighted by atomic mass is 35.5. The largest absolute Gasteiger partial charge is 0.353 e. The summed E-state index contributed by atoms with van der Waals surface area (Å²) < 4.78 is 14.5. The number of anilines is 1. The molecule has 5 nitrogen and oxygen atoms in total. The molecule has 164 valence electrons. The summed E-state index contributed by atoms with van der Waals surface area (Å²) in [6.45, 7) is 4.86. The predicted molar refractivity (Wildman–Crippen MR) is 119 cm³/mol. The summed E-state index contributed by atoms with van der Waals surface area (Å²) in [4.78, 5) is 26.6. The highest BCUT2D eigenvalue weighted by molar-refractivity contribution is 6.31. The van der Waals surface area contributed by atoms with Gasteiger partial charge in [0, 0.05) is 66.3 Å². The topological polar surface area (TPSA) is 49.3 Å². The third kappa shape index (κ3) is 4.14. The van der Waals surface area contributed by atoms with Crippen LogP contribution in [0.15, 0.2) is 18.2 Å². The number of piperazine rings is 1. The van der Waals surface area contributed by atoms with Crippen molar-refractivity contribution in [1.82, 2.24) is 14.9 Å². The monoisotopic (exact) mass is 442 g/mol. The van der Waals surface area contributed by atoms with Gasteiger partial charge in [-0.25, -0.2) is 14.4 Å². The van der Waals surface area contributed by atoms with Crippen molar-refractivity contribution >= 4 is 23.3 Å². The lowest BCUT2D eigenvalue weighted by atomic mass is 9.84. The van der Waals surface area contributed by atoms with Crippen molar-refractivity contribution in [2.45, 2.75) is 51.4 Å². The first-order valence-corrected chi connectivity index (χ1v) is 11.7. The molecule has 0 radical (unpaired) electrons. The zero-order chi connectivity index (χ0) is 21.5. The molecule has 5 rings (SSSR count). The number of hydrogen-bond donors (Lipinski definition) is 0. The van der Waals surface area contributed by atoms with E-state index in [4.69, 9.17) is 21.6 Å². The minimum absolute atomic E-state index is 0.230. The van der Waals surface area contributed by atoms with Crippen molar-refractivity contribution in [2.75, 3.05) is 31.1 Å². The van der Waals surface area contributed by atoms with Crippen LogP contribution in [-0.4, -0.2) is 47.0 Å². The van der Waals surface area contributed by atoms with Crippen molar-refractivity contribution < 1.29 is 9.18 Å². The SMILES string of the molecule is Cc1nc(C2CC2)nc(N2CCN(C(=O)C3CCC3)CC2)c1Cc1c(F)cccc1Cl. The Morgan fingerprint density at radius 3 is 2.45 bits per heavy atom. The molecular formula is C24H28ClFN4O. The summed E-state index contributed by atoms with van der Waals surface area (Å²) >= 11 is 6.33. The summed E-state index contributed by atoms with van der Waals surface area (Å²) in [5.41, 5.74) is 2.30. The average molecular weight is 443 g/mol. The summed E-state index contributed by atoms with van der Waals surface area (Å²) in [6, 6.07) is 4.79. The van der Waals surface area contributed by atoms with Crippen LogP contribution in [0.3, 0.4) is 0 Å². The number of carbonyl (C=O) groups is 1. The zero-order valence-electron chi connectivity index (χ0n) is 17.9. The molecule has 2 aliphatic carbocycles. The molecule has 0 atom stereocenters. The second-order valence-corrected chi connectivity index (χ2v) is 9.47. The first-order valence-electron chi connectivity index (χ1n) is 11.4. The van der Waals surface area contributed by atoms with Crippen LogP contribution < -0.4 is 4.90 Å². The molecular weight excluding hydrogens is 415 g/mol. The molecule has 1 aromatic carbocycles. The Labute approximate surface area is 187 Å². The maximum Gasteiger partial charge on any atom is 0.225 e. The predicted octanol–water partition coefficient (Wildman–Crippen LogP) is 4.49. The Morgan fingerprint density at radius 2 is 1.84 bits per heavy atom. The fourth-order valence-electron chi connectivity index (χ4n) is 4.52. The molecule has 0 unspecified atom stereocenters. The van der Waals surface area contributed by atoms with E-state index >= 15 is 0 Å². The smallest absolute Gasteiger partial charge is 0.225 e. The van der Waals surface area contributed by atoms with E-state index in [0.29, 0.717) is 41.9 Å². The third-order valence-corrected chi connectivity index (χ3v) is 7.27. The van der Waals surface area contributed by atoms with Gasteiger partial charge in [-0.3, -0.25) is 4.79 Å². The van der Waals surface area contributed by atoms with Crippen LogP contribution in [0.1, 0.15) is 60.7 Å². The number of rotatable bonds is 5. The lowest BCUT2D eigenvalue weighted by Crippen LogP contribution is -2.51. The van der Waals surface area contributed by atoms with Crippen LogP contribution in [0.4, 0.5) is 10.2 Å². The van der Waals surface area contributed by atoms with Gasteiger partial charge in [0.25, 0.3) is 0 Å². The highest BCUT2D eigenvalue weighted by Gasteiger charge is 2.33. The van der Waals surface area contributed by atoms with Crippen molar-refractivity contribution in [3.05, 3.63) is 51.7 Å². The zero-order valence-corrected chi connectivity index (χ0v) is 18.7. The minimum Gasteiger partial charge on any atom is -0.353 e. The maximum absolute atomic E-state index is 14.5. The van der Waals surface area contributed by atoms with Crippen molar-refractivity contribution in [1.29, 1.82) is 0 Å². The Balaban J connectivity index is 1.42. The number of halogens is 2. The van der Waals surface area contributed by atoms with E-state index in [0.717, 1.165) is 61.7 Å². The van der Waals surface area contributed by atoms with Crippen molar-refractivity contribution in [3.8, 4) is 0 Å². The van der Waals surface area contributed by atoms with Crippen molar-refractivity contribution in [3.63, 3.8) is 0 Å². The summed E-state index contributed by atoms with van der Waals surface area (Å²) in [7, 11) is 0. The number of nitrogens with zero attached hydrogens (tertiary/aromatic N) is 4. The lowest BCUT2D eigenvalue weighted by molar-refractivity contribution is -0.138. The molecule has 2 heterocycles. The molecule has 31 heavy (non-hydrogen) atoms. The molecule has 0 spiro atoms. The van der Waals surface area contributed by atoms with E-state index in [1.54, 1.807) is 12.1 Å². The summed E-state index contributed by atoms with van der Waals surface area (Å²) in [6.07, 6.45) is 5.84. The van der Waals surface area contributed by atoms with Gasteiger partial charge in [-0.15, -0.1) is 0 Å². The molecule has 1 amide bonds. The van der Waals surface area contributed by atoms with Crippen LogP contribution in [0.5, 0.6) is 0 Å². The van der Waals surface area contributed by atoms with Gasteiger partial charge in [0.1, 0.15) is 17.5 Å². The Hall–Kier alpha value is -2.21. The van der Waals surface area contributed by atoms with Crippen LogP contribution in [0.2, 0.25) is 5.02 Å². The highest BCUT2D eigenvalue weighted by Crippen LogP contribution is 2.40. The van der Waals surface area contributed by atoms with Gasteiger partial charge in [-0.2, -0.15) is 0 Å². The van der Waals surface area contributed by atoms with Gasteiger partial charge in [0.05, 0.1) is 0 Å². The number of benzene rings is 1. The fraction of sp³-hybridized carbons (Fsp3) is 0.542. The fourth-order valence-corrected chi connectivity index (χ4v) is 4.75. The van der Waals surface area contributed by atoms with Gasteiger partial charge in [0.2, 0.25) is 5.91 Å². The molecule has 3 aliphatic rings. The van der Waals surface area contributed by atoms with Crippen LogP contribution in [-0.2, 0) is 11.2 Å². The van der Waals surface area contributed by atoms with Crippen LogP contribution in [0, 0.1) is 18.7 Å². The Kier molecular flexibility index (Phi) is 5.59. The molecule has 1 aliphatic heterocycles. The molecule has 2 aromatic rings. The standard InChI is InChI=1S/C24H28ClFN4O/c1-15-18(14-19-20(25)6-3-7-21(19)26)23(28-22(27-15)16-8-9-16)29-10-12-30(13-11-29)24(31)17-4-2-5-17/h3,6-7,16-17H,2,4-5,8-14H2,1H3. The number of carbonyl (C=O) groups excluding carboxylic acids is 1. The number of aryl methyl sites for hydroxylation is 1. The molecule has 0 N–H and O–H groups in total. The van der Waals surface area contributed by atoms with Crippen LogP contribution in [0.25, 0.3) is 0 Å². The van der Waals surface area contributed by atoms with Gasteiger partial charge >= 0.3 is 0 Å². The molecule has 1 aromatic heterocycles. The lowest BCUT2D eigenvalue weighted by Gasteiger charge is -2.39. The molecule has 0 bridgehead atoms. The molecule has 2 saturated carbocycles.